The molecule has 1 aliphatic heterocycles. The van der Waals surface area contributed by atoms with E-state index in [9.17, 15) is 9.59 Å². The molecule has 0 aromatic carbocycles. The number of anilines is 1. The first-order valence-electron chi connectivity index (χ1n) is 8.37. The summed E-state index contributed by atoms with van der Waals surface area (Å²) in [4.78, 5) is 36.4. The molecule has 1 saturated heterocycles. The van der Waals surface area contributed by atoms with E-state index < -0.39 is 12.0 Å². The molecule has 1 aliphatic rings. The lowest BCUT2D eigenvalue weighted by molar-refractivity contribution is -0.142. The zero-order valence-electron chi connectivity index (χ0n) is 14.6. The second-order valence-electron chi connectivity index (χ2n) is 6.49. The third-order valence-corrected chi connectivity index (χ3v) is 5.96. The number of carbonyl (C=O) groups is 2. The molecule has 0 spiro atoms. The topological polar surface area (TPSA) is 95.4 Å². The number of hydrogen-bond donors (Lipinski definition) is 2. The molecule has 7 nitrogen and oxygen atoms in total. The number of aryl methyl sites for hydroxylation is 2. The molecule has 2 aromatic rings. The third kappa shape index (κ3) is 3.44. The molecular formula is C17H22N4O3S. The van der Waals surface area contributed by atoms with Gasteiger partial charge in [-0.15, -0.1) is 11.3 Å². The maximum Gasteiger partial charge on any atom is 0.325 e. The number of nitrogens with one attached hydrogen (secondary N) is 1. The molecule has 3 heterocycles. The van der Waals surface area contributed by atoms with E-state index in [1.54, 1.807) is 17.7 Å². The number of fused-ring (bicyclic) bond motifs is 1. The first-order chi connectivity index (χ1) is 11.9. The minimum absolute atomic E-state index is 0.152. The second-order valence-corrected chi connectivity index (χ2v) is 7.69. The van der Waals surface area contributed by atoms with Crippen LogP contribution in [0.2, 0.25) is 0 Å². The highest BCUT2D eigenvalue weighted by Crippen LogP contribution is 2.35. The Balaban J connectivity index is 1.71. The number of carboxylic acid groups (broad SMARTS) is 1. The lowest BCUT2D eigenvalue weighted by Gasteiger charge is -2.32. The highest BCUT2D eigenvalue weighted by Gasteiger charge is 2.28. The molecule has 0 aliphatic carbocycles. The Bertz CT molecular complexity index is 812. The van der Waals surface area contributed by atoms with Crippen molar-refractivity contribution in [3.8, 4) is 0 Å². The van der Waals surface area contributed by atoms with E-state index in [4.69, 9.17) is 5.11 Å². The molecule has 8 heteroatoms. The molecule has 134 valence electrons. The Morgan fingerprint density at radius 1 is 1.32 bits per heavy atom. The Morgan fingerprint density at radius 3 is 2.64 bits per heavy atom. The Hall–Kier alpha value is -2.22. The van der Waals surface area contributed by atoms with Crippen LogP contribution >= 0.6 is 11.3 Å². The Labute approximate surface area is 150 Å². The zero-order valence-corrected chi connectivity index (χ0v) is 15.4. The van der Waals surface area contributed by atoms with Crippen LogP contribution in [0.25, 0.3) is 10.2 Å². The lowest BCUT2D eigenvalue weighted by Crippen LogP contribution is -2.45. The largest absolute Gasteiger partial charge is 0.480 e. The van der Waals surface area contributed by atoms with Crippen molar-refractivity contribution < 1.29 is 14.7 Å². The van der Waals surface area contributed by atoms with Crippen LogP contribution in [0.15, 0.2) is 6.33 Å². The predicted molar refractivity (Wildman–Crippen MR) is 97.1 cm³/mol. The normalized spacial score (nSPS) is 16.8. The van der Waals surface area contributed by atoms with Gasteiger partial charge in [0.15, 0.2) is 0 Å². The fourth-order valence-corrected chi connectivity index (χ4v) is 4.14. The second kappa shape index (κ2) is 6.95. The molecular weight excluding hydrogens is 340 g/mol. The average Bonchev–Trinajstić information content (AvgIpc) is 2.89. The summed E-state index contributed by atoms with van der Waals surface area (Å²) in [6, 6.07) is -0.858. The average molecular weight is 362 g/mol. The summed E-state index contributed by atoms with van der Waals surface area (Å²) >= 11 is 1.67. The van der Waals surface area contributed by atoms with Crippen molar-refractivity contribution in [1.82, 2.24) is 15.3 Å². The third-order valence-electron chi connectivity index (χ3n) is 4.84. The minimum Gasteiger partial charge on any atom is -0.480 e. The van der Waals surface area contributed by atoms with Crippen molar-refractivity contribution in [3.63, 3.8) is 0 Å². The minimum atomic E-state index is -1.02. The van der Waals surface area contributed by atoms with Gasteiger partial charge in [0.1, 0.15) is 23.0 Å². The van der Waals surface area contributed by atoms with Crippen LogP contribution in [-0.4, -0.2) is 46.1 Å². The van der Waals surface area contributed by atoms with Crippen molar-refractivity contribution in [3.05, 3.63) is 16.8 Å². The molecule has 25 heavy (non-hydrogen) atoms. The van der Waals surface area contributed by atoms with Gasteiger partial charge in [-0.25, -0.2) is 9.97 Å². The summed E-state index contributed by atoms with van der Waals surface area (Å²) in [5.74, 6) is -0.410. The van der Waals surface area contributed by atoms with Gasteiger partial charge in [-0.3, -0.25) is 9.59 Å². The van der Waals surface area contributed by atoms with E-state index in [0.29, 0.717) is 12.8 Å². The molecule has 1 unspecified atom stereocenters. The zero-order chi connectivity index (χ0) is 18.1. The monoisotopic (exact) mass is 362 g/mol. The number of carbonyl (C=O) groups excluding carboxylic acids is 1. The Kier molecular flexibility index (Phi) is 4.89. The number of nitrogens with zero attached hydrogens (tertiary/aromatic N) is 3. The number of aromatic nitrogens is 2. The molecule has 0 bridgehead atoms. The number of amides is 1. The molecule has 2 aromatic heterocycles. The maximum atomic E-state index is 12.2. The van der Waals surface area contributed by atoms with Gasteiger partial charge in [-0.05, 0) is 39.2 Å². The fraction of sp³-hybridized carbons (Fsp3) is 0.529. The molecule has 2 N–H and O–H groups in total. The van der Waals surface area contributed by atoms with Gasteiger partial charge in [0.2, 0.25) is 5.91 Å². The van der Waals surface area contributed by atoms with E-state index >= 15 is 0 Å². The SMILES string of the molecule is Cc1sc2ncnc(N3CCC(C(=O)NC(C)C(=O)O)CC3)c2c1C. The van der Waals surface area contributed by atoms with E-state index in [2.05, 4.69) is 34.0 Å². The van der Waals surface area contributed by atoms with Crippen LogP contribution in [0.4, 0.5) is 5.82 Å². The van der Waals surface area contributed by atoms with Crippen LogP contribution in [0.3, 0.4) is 0 Å². The summed E-state index contributed by atoms with van der Waals surface area (Å²) in [5.41, 5.74) is 1.21. The fourth-order valence-electron chi connectivity index (χ4n) is 3.15. The van der Waals surface area contributed by atoms with E-state index in [1.165, 1.54) is 17.4 Å². The Morgan fingerprint density at radius 2 is 2.00 bits per heavy atom. The smallest absolute Gasteiger partial charge is 0.325 e. The summed E-state index contributed by atoms with van der Waals surface area (Å²) in [6.45, 7) is 7.11. The highest BCUT2D eigenvalue weighted by atomic mass is 32.1. The van der Waals surface area contributed by atoms with Crippen LogP contribution in [-0.2, 0) is 9.59 Å². The number of carboxylic acids is 1. The summed E-state index contributed by atoms with van der Waals surface area (Å²) in [7, 11) is 0. The summed E-state index contributed by atoms with van der Waals surface area (Å²) in [5, 5.41) is 12.6. The van der Waals surface area contributed by atoms with E-state index in [0.717, 1.165) is 29.1 Å². The van der Waals surface area contributed by atoms with Gasteiger partial charge >= 0.3 is 5.97 Å². The standard InChI is InChI=1S/C17H22N4O3S/c1-9-11(3)25-16-13(9)14(18-8-19-16)21-6-4-12(5-7-21)15(22)20-10(2)17(23)24/h8,10,12H,4-7H2,1-3H3,(H,20,22)(H,23,24). The van der Waals surface area contributed by atoms with Gasteiger partial charge in [0, 0.05) is 23.9 Å². The highest BCUT2D eigenvalue weighted by molar-refractivity contribution is 7.18. The van der Waals surface area contributed by atoms with Crippen molar-refractivity contribution in [2.45, 2.75) is 39.7 Å². The maximum absolute atomic E-state index is 12.2. The predicted octanol–water partition coefficient (Wildman–Crippen LogP) is 2.11. The lowest BCUT2D eigenvalue weighted by atomic mass is 9.95. The van der Waals surface area contributed by atoms with Crippen LogP contribution in [0, 0.1) is 19.8 Å². The molecule has 0 radical (unpaired) electrons. The van der Waals surface area contributed by atoms with Crippen LogP contribution < -0.4 is 10.2 Å². The van der Waals surface area contributed by atoms with Gasteiger partial charge in [-0.2, -0.15) is 0 Å². The van der Waals surface area contributed by atoms with Gasteiger partial charge in [0.25, 0.3) is 0 Å². The number of piperidine rings is 1. The van der Waals surface area contributed by atoms with Crippen molar-refractivity contribution >= 4 is 39.2 Å². The van der Waals surface area contributed by atoms with Gasteiger partial charge in [-0.1, -0.05) is 0 Å². The van der Waals surface area contributed by atoms with E-state index in [1.807, 2.05) is 0 Å². The van der Waals surface area contributed by atoms with Crippen LogP contribution in [0.1, 0.15) is 30.2 Å². The van der Waals surface area contributed by atoms with Crippen molar-refractivity contribution in [2.24, 2.45) is 5.92 Å². The van der Waals surface area contributed by atoms with Gasteiger partial charge < -0.3 is 15.3 Å². The number of hydrogen-bond acceptors (Lipinski definition) is 6. The number of aliphatic carboxylic acids is 1. The van der Waals surface area contributed by atoms with Crippen LogP contribution in [0.5, 0.6) is 0 Å². The number of rotatable bonds is 4. The van der Waals surface area contributed by atoms with Crippen molar-refractivity contribution in [2.75, 3.05) is 18.0 Å². The molecule has 3 rings (SSSR count). The molecule has 1 atom stereocenters. The molecule has 1 amide bonds. The van der Waals surface area contributed by atoms with E-state index in [-0.39, 0.29) is 11.8 Å². The van der Waals surface area contributed by atoms with Gasteiger partial charge in [0.05, 0.1) is 5.39 Å². The first-order valence-corrected chi connectivity index (χ1v) is 9.19. The molecule has 0 saturated carbocycles. The summed E-state index contributed by atoms with van der Waals surface area (Å²) in [6.07, 6.45) is 2.97. The van der Waals surface area contributed by atoms with Crippen molar-refractivity contribution in [1.29, 1.82) is 0 Å². The summed E-state index contributed by atoms with van der Waals surface area (Å²) < 4.78 is 0. The molecule has 1 fully saturated rings. The quantitative estimate of drug-likeness (QED) is 0.865. The number of thiophene rings is 1. The first kappa shape index (κ1) is 17.6.